The Balaban J connectivity index is 1.96. The average Bonchev–Trinajstić information content (AvgIpc) is 2.53. The van der Waals surface area contributed by atoms with Crippen LogP contribution < -0.4 is 5.73 Å². The SMILES string of the molecule is COC1CCCC(CN)(N(C)CCc2ccccc2)C1. The molecule has 0 aromatic heterocycles. The first kappa shape index (κ1) is 15.5. The van der Waals surface area contributed by atoms with Crippen LogP contribution in [-0.2, 0) is 11.2 Å². The summed E-state index contributed by atoms with van der Waals surface area (Å²) in [5.74, 6) is 0. The third kappa shape index (κ3) is 3.60. The smallest absolute Gasteiger partial charge is 0.0589 e. The van der Waals surface area contributed by atoms with Gasteiger partial charge in [-0.25, -0.2) is 0 Å². The van der Waals surface area contributed by atoms with Crippen LogP contribution in [0.2, 0.25) is 0 Å². The summed E-state index contributed by atoms with van der Waals surface area (Å²) in [7, 11) is 4.04. The van der Waals surface area contributed by atoms with Crippen LogP contribution >= 0.6 is 0 Å². The van der Waals surface area contributed by atoms with Crippen molar-refractivity contribution in [1.82, 2.24) is 4.90 Å². The molecule has 0 aliphatic heterocycles. The normalized spacial score (nSPS) is 26.9. The molecule has 2 rings (SSSR count). The summed E-state index contributed by atoms with van der Waals surface area (Å²) in [6.07, 6.45) is 6.08. The minimum absolute atomic E-state index is 0.119. The third-order valence-electron chi connectivity index (χ3n) is 4.88. The van der Waals surface area contributed by atoms with Crippen molar-refractivity contribution >= 4 is 0 Å². The highest BCUT2D eigenvalue weighted by molar-refractivity contribution is 5.15. The number of likely N-dealkylation sites (N-methyl/N-ethyl adjacent to an activating group) is 1. The Bertz CT molecular complexity index is 395. The molecule has 0 radical (unpaired) electrons. The quantitative estimate of drug-likeness (QED) is 0.867. The number of ether oxygens (including phenoxy) is 1. The molecule has 112 valence electrons. The van der Waals surface area contributed by atoms with Crippen molar-refractivity contribution in [3.8, 4) is 0 Å². The van der Waals surface area contributed by atoms with Crippen LogP contribution in [0, 0.1) is 0 Å². The van der Waals surface area contributed by atoms with E-state index in [0.29, 0.717) is 6.10 Å². The zero-order chi connectivity index (χ0) is 14.4. The standard InChI is InChI=1S/C17H28N2O/c1-19(12-10-15-7-4-3-5-8-15)17(14-18)11-6-9-16(13-17)20-2/h3-5,7-8,16H,6,9-14,18H2,1-2H3. The van der Waals surface area contributed by atoms with Crippen molar-refractivity contribution in [3.63, 3.8) is 0 Å². The largest absolute Gasteiger partial charge is 0.381 e. The molecule has 0 spiro atoms. The lowest BCUT2D eigenvalue weighted by Gasteiger charge is -2.46. The molecular weight excluding hydrogens is 248 g/mol. The summed E-state index contributed by atoms with van der Waals surface area (Å²) in [6, 6.07) is 10.7. The zero-order valence-electron chi connectivity index (χ0n) is 12.8. The first-order valence-electron chi connectivity index (χ1n) is 7.68. The van der Waals surface area contributed by atoms with Gasteiger partial charge in [0.05, 0.1) is 6.10 Å². The highest BCUT2D eigenvalue weighted by atomic mass is 16.5. The van der Waals surface area contributed by atoms with Crippen molar-refractivity contribution in [2.45, 2.75) is 43.7 Å². The molecule has 0 amide bonds. The molecular formula is C17H28N2O. The van der Waals surface area contributed by atoms with Crippen LogP contribution in [0.3, 0.4) is 0 Å². The predicted octanol–water partition coefficient (Wildman–Crippen LogP) is 2.45. The van der Waals surface area contributed by atoms with Gasteiger partial charge in [0, 0.05) is 25.7 Å². The molecule has 2 N–H and O–H groups in total. The van der Waals surface area contributed by atoms with Crippen LogP contribution in [0.15, 0.2) is 30.3 Å². The molecule has 0 saturated heterocycles. The van der Waals surface area contributed by atoms with Gasteiger partial charge < -0.3 is 10.5 Å². The molecule has 1 aliphatic carbocycles. The number of nitrogens with zero attached hydrogens (tertiary/aromatic N) is 1. The van der Waals surface area contributed by atoms with Gasteiger partial charge in [-0.15, -0.1) is 0 Å². The molecule has 0 bridgehead atoms. The van der Waals surface area contributed by atoms with Crippen LogP contribution in [0.5, 0.6) is 0 Å². The molecule has 3 nitrogen and oxygen atoms in total. The Morgan fingerprint density at radius 2 is 2.10 bits per heavy atom. The van der Waals surface area contributed by atoms with Gasteiger partial charge in [0.2, 0.25) is 0 Å². The van der Waals surface area contributed by atoms with Crippen LogP contribution in [0.4, 0.5) is 0 Å². The molecule has 2 atom stereocenters. The Hall–Kier alpha value is -0.900. The number of benzene rings is 1. The van der Waals surface area contributed by atoms with Crippen LogP contribution in [0.25, 0.3) is 0 Å². The minimum Gasteiger partial charge on any atom is -0.381 e. The van der Waals surface area contributed by atoms with Crippen molar-refractivity contribution in [2.24, 2.45) is 5.73 Å². The maximum Gasteiger partial charge on any atom is 0.0589 e. The van der Waals surface area contributed by atoms with Gasteiger partial charge in [-0.05, 0) is 44.7 Å². The summed E-state index contributed by atoms with van der Waals surface area (Å²) < 4.78 is 5.58. The van der Waals surface area contributed by atoms with Gasteiger partial charge in [-0.3, -0.25) is 4.90 Å². The second-order valence-electron chi connectivity index (χ2n) is 6.04. The lowest BCUT2D eigenvalue weighted by Crippen LogP contribution is -2.56. The van der Waals surface area contributed by atoms with Crippen molar-refractivity contribution < 1.29 is 4.74 Å². The highest BCUT2D eigenvalue weighted by Gasteiger charge is 2.38. The Kier molecular flexibility index (Phi) is 5.58. The van der Waals surface area contributed by atoms with E-state index in [4.69, 9.17) is 10.5 Å². The van der Waals surface area contributed by atoms with E-state index in [2.05, 4.69) is 42.3 Å². The first-order valence-corrected chi connectivity index (χ1v) is 7.68. The van der Waals surface area contributed by atoms with Crippen LogP contribution in [0.1, 0.15) is 31.2 Å². The molecule has 2 unspecified atom stereocenters. The highest BCUT2D eigenvalue weighted by Crippen LogP contribution is 2.33. The first-order chi connectivity index (χ1) is 9.70. The number of hydrogen-bond acceptors (Lipinski definition) is 3. The monoisotopic (exact) mass is 276 g/mol. The van der Waals surface area contributed by atoms with Gasteiger partial charge >= 0.3 is 0 Å². The van der Waals surface area contributed by atoms with E-state index in [0.717, 1.165) is 25.9 Å². The fourth-order valence-electron chi connectivity index (χ4n) is 3.35. The molecule has 1 aromatic carbocycles. The minimum atomic E-state index is 0.119. The van der Waals surface area contributed by atoms with E-state index in [9.17, 15) is 0 Å². The fourth-order valence-corrected chi connectivity index (χ4v) is 3.35. The molecule has 0 heterocycles. The molecule has 1 fully saturated rings. The van der Waals surface area contributed by atoms with Crippen LogP contribution in [-0.4, -0.2) is 43.8 Å². The van der Waals surface area contributed by atoms with E-state index < -0.39 is 0 Å². The van der Waals surface area contributed by atoms with Gasteiger partial charge in [0.15, 0.2) is 0 Å². The van der Waals surface area contributed by atoms with E-state index in [1.165, 1.54) is 24.8 Å². The topological polar surface area (TPSA) is 38.5 Å². The Morgan fingerprint density at radius 3 is 2.75 bits per heavy atom. The molecule has 3 heteroatoms. The number of rotatable bonds is 6. The van der Waals surface area contributed by atoms with Gasteiger partial charge in [0.25, 0.3) is 0 Å². The van der Waals surface area contributed by atoms with Crippen molar-refractivity contribution in [3.05, 3.63) is 35.9 Å². The third-order valence-corrected chi connectivity index (χ3v) is 4.88. The molecule has 1 saturated carbocycles. The van der Waals surface area contributed by atoms with E-state index >= 15 is 0 Å². The van der Waals surface area contributed by atoms with Gasteiger partial charge in [-0.1, -0.05) is 30.3 Å². The molecule has 20 heavy (non-hydrogen) atoms. The number of methoxy groups -OCH3 is 1. The summed E-state index contributed by atoms with van der Waals surface area (Å²) in [5, 5.41) is 0. The summed E-state index contributed by atoms with van der Waals surface area (Å²) in [4.78, 5) is 2.46. The maximum absolute atomic E-state index is 6.13. The maximum atomic E-state index is 6.13. The van der Waals surface area contributed by atoms with Gasteiger partial charge in [-0.2, -0.15) is 0 Å². The summed E-state index contributed by atoms with van der Waals surface area (Å²) >= 11 is 0. The van der Waals surface area contributed by atoms with Crippen molar-refractivity contribution in [1.29, 1.82) is 0 Å². The van der Waals surface area contributed by atoms with E-state index in [1.807, 2.05) is 7.11 Å². The Labute approximate surface area is 123 Å². The summed E-state index contributed by atoms with van der Waals surface area (Å²) in [6.45, 7) is 1.77. The lowest BCUT2D eigenvalue weighted by atomic mass is 9.78. The summed E-state index contributed by atoms with van der Waals surface area (Å²) in [5.41, 5.74) is 7.64. The Morgan fingerprint density at radius 1 is 1.35 bits per heavy atom. The van der Waals surface area contributed by atoms with Crippen molar-refractivity contribution in [2.75, 3.05) is 27.2 Å². The fraction of sp³-hybridized carbons (Fsp3) is 0.647. The second kappa shape index (κ2) is 7.21. The predicted molar refractivity (Wildman–Crippen MR) is 83.8 cm³/mol. The lowest BCUT2D eigenvalue weighted by molar-refractivity contribution is -0.0114. The second-order valence-corrected chi connectivity index (χ2v) is 6.04. The average molecular weight is 276 g/mol. The number of hydrogen-bond donors (Lipinski definition) is 1. The zero-order valence-corrected chi connectivity index (χ0v) is 12.8. The number of nitrogens with two attached hydrogens (primary N) is 1. The van der Waals surface area contributed by atoms with Gasteiger partial charge in [0.1, 0.15) is 0 Å². The van der Waals surface area contributed by atoms with E-state index in [-0.39, 0.29) is 5.54 Å². The molecule has 1 aliphatic rings. The molecule has 1 aromatic rings. The van der Waals surface area contributed by atoms with E-state index in [1.54, 1.807) is 0 Å².